The van der Waals surface area contributed by atoms with Crippen LogP contribution in [0.4, 0.5) is 0 Å². The molecule has 7 aromatic rings. The van der Waals surface area contributed by atoms with Crippen molar-refractivity contribution >= 4 is 35.5 Å². The van der Waals surface area contributed by atoms with E-state index in [2.05, 4.69) is 0 Å². The predicted molar refractivity (Wildman–Crippen MR) is 299 cm³/mol. The number of hydrogen-bond acceptors (Lipinski definition) is 15. The monoisotopic (exact) mass is 1110 g/mol. The van der Waals surface area contributed by atoms with Crippen molar-refractivity contribution in [2.45, 2.75) is 111 Å². The normalized spacial score (nSPS) is 23.4. The molecule has 2 fully saturated rings. The summed E-state index contributed by atoms with van der Waals surface area (Å²) in [7, 11) is 0. The molecule has 1 N–H and O–H groups in total. The van der Waals surface area contributed by atoms with E-state index in [4.69, 9.17) is 42.6 Å². The molecule has 0 saturated carbocycles. The number of nitrogens with zero attached hydrogens (tertiary/aromatic N) is 1. The van der Waals surface area contributed by atoms with E-state index < -0.39 is 97.1 Å². The third-order valence-corrected chi connectivity index (χ3v) is 15.2. The van der Waals surface area contributed by atoms with Gasteiger partial charge in [-0.25, -0.2) is 0 Å². The lowest BCUT2D eigenvalue weighted by molar-refractivity contribution is -0.288. The van der Waals surface area contributed by atoms with Gasteiger partial charge >= 0.3 is 11.9 Å². The van der Waals surface area contributed by atoms with Crippen molar-refractivity contribution in [2.75, 3.05) is 13.2 Å². The first kappa shape index (κ1) is 56.9. The van der Waals surface area contributed by atoms with E-state index in [0.29, 0.717) is 6.61 Å². The summed E-state index contributed by atoms with van der Waals surface area (Å²) in [6.07, 6.45) is -10.5. The smallest absolute Gasteiger partial charge is 0.306 e. The average molecular weight is 1110 g/mol. The van der Waals surface area contributed by atoms with Crippen LogP contribution < -0.4 is 0 Å². The molecular weight excluding hydrogens is 1050 g/mol. The number of esters is 2. The number of ether oxygens (including phenoxy) is 9. The van der Waals surface area contributed by atoms with Crippen molar-refractivity contribution in [1.82, 2.24) is 4.90 Å². The van der Waals surface area contributed by atoms with Gasteiger partial charge in [-0.2, -0.15) is 0 Å². The molecule has 7 aromatic carbocycles. The molecule has 418 valence electrons. The van der Waals surface area contributed by atoms with Gasteiger partial charge in [0.2, 0.25) is 0 Å². The van der Waals surface area contributed by atoms with E-state index in [0.717, 1.165) is 37.6 Å². The molecule has 0 bridgehead atoms. The standard InChI is InChI=1S/C65H63NO14S/c67-54(79-59-56(66-62(70)50-33-19-20-34-51(50)63(66)71)64(76-41-48-29-15-5-16-30-48)77-52(57(59)69)42-72-37-44-21-7-1-8-22-44)35-36-55(68)80-61-60(75-40-47-27-13-4-14-28-47)58(74-39-46-25-11-3-12-26-46)53(43-73-38-45-23-9-2-10-24-45)78-65(61)81-49-31-17-6-18-32-49/h1-34,52-53,56-61,64-65,69H,35-43H2/t52-,53-,56-,57-,58-,59-,60+,61-,64+,65+/m1/s1. The Morgan fingerprint density at radius 3 is 1.32 bits per heavy atom. The zero-order valence-electron chi connectivity index (χ0n) is 44.4. The summed E-state index contributed by atoms with van der Waals surface area (Å²) in [5.74, 6) is -3.09. The van der Waals surface area contributed by atoms with Crippen LogP contribution in [0.1, 0.15) is 61.4 Å². The lowest BCUT2D eigenvalue weighted by Crippen LogP contribution is -2.66. The van der Waals surface area contributed by atoms with Crippen LogP contribution in [-0.4, -0.2) is 107 Å². The van der Waals surface area contributed by atoms with E-state index in [9.17, 15) is 24.3 Å². The maximum Gasteiger partial charge on any atom is 0.306 e. The molecule has 2 saturated heterocycles. The first-order chi connectivity index (χ1) is 39.8. The molecule has 0 aromatic heterocycles. The number of rotatable bonds is 25. The maximum absolute atomic E-state index is 14.5. The molecule has 3 aliphatic rings. The van der Waals surface area contributed by atoms with Gasteiger partial charge in [0.1, 0.15) is 42.0 Å². The van der Waals surface area contributed by atoms with E-state index in [-0.39, 0.29) is 50.8 Å². The molecule has 0 aliphatic carbocycles. The lowest BCUT2D eigenvalue weighted by Gasteiger charge is -2.46. The van der Waals surface area contributed by atoms with E-state index in [1.807, 2.05) is 182 Å². The van der Waals surface area contributed by atoms with Crippen LogP contribution in [0.15, 0.2) is 211 Å². The van der Waals surface area contributed by atoms with Crippen molar-refractivity contribution < 1.29 is 66.9 Å². The molecule has 15 nitrogen and oxygen atoms in total. The number of carbonyl (C=O) groups is 4. The minimum absolute atomic E-state index is 0.0323. The molecule has 3 aliphatic heterocycles. The number of thioether (sulfide) groups is 1. The Labute approximate surface area is 474 Å². The molecule has 10 rings (SSSR count). The van der Waals surface area contributed by atoms with Gasteiger partial charge in [0.25, 0.3) is 11.8 Å². The summed E-state index contributed by atoms with van der Waals surface area (Å²) in [5, 5.41) is 12.2. The van der Waals surface area contributed by atoms with Gasteiger partial charge in [-0.3, -0.25) is 24.1 Å². The van der Waals surface area contributed by atoms with Crippen molar-refractivity contribution in [3.8, 4) is 0 Å². The highest BCUT2D eigenvalue weighted by Crippen LogP contribution is 2.39. The van der Waals surface area contributed by atoms with Gasteiger partial charge in [-0.15, -0.1) is 0 Å². The summed E-state index contributed by atoms with van der Waals surface area (Å²) >= 11 is 1.35. The van der Waals surface area contributed by atoms with Crippen molar-refractivity contribution in [1.29, 1.82) is 0 Å². The topological polar surface area (TPSA) is 175 Å². The van der Waals surface area contributed by atoms with Crippen LogP contribution in [0.5, 0.6) is 0 Å². The Morgan fingerprint density at radius 1 is 0.444 bits per heavy atom. The molecule has 0 radical (unpaired) electrons. The lowest BCUT2D eigenvalue weighted by atomic mass is 9.95. The Morgan fingerprint density at radius 2 is 0.840 bits per heavy atom. The van der Waals surface area contributed by atoms with E-state index in [1.54, 1.807) is 12.1 Å². The van der Waals surface area contributed by atoms with Crippen LogP contribution in [0.3, 0.4) is 0 Å². The fourth-order valence-electron chi connectivity index (χ4n) is 9.97. The molecule has 0 unspecified atom stereocenters. The minimum Gasteiger partial charge on any atom is -0.457 e. The molecule has 2 amide bonds. The Kier molecular flexibility index (Phi) is 19.9. The van der Waals surface area contributed by atoms with Gasteiger partial charge in [0, 0.05) is 4.90 Å². The number of benzene rings is 7. The highest BCUT2D eigenvalue weighted by atomic mass is 32.2. The zero-order valence-corrected chi connectivity index (χ0v) is 45.2. The second-order valence-corrected chi connectivity index (χ2v) is 20.9. The molecule has 81 heavy (non-hydrogen) atoms. The van der Waals surface area contributed by atoms with Crippen molar-refractivity contribution in [2.24, 2.45) is 0 Å². The number of carbonyl (C=O) groups excluding carboxylic acids is 4. The third-order valence-electron chi connectivity index (χ3n) is 14.0. The number of amides is 2. The Hall–Kier alpha value is -7.35. The van der Waals surface area contributed by atoms with Crippen LogP contribution in [-0.2, 0) is 85.3 Å². The van der Waals surface area contributed by atoms with Gasteiger partial charge < -0.3 is 47.7 Å². The first-order valence-electron chi connectivity index (χ1n) is 27.0. The third kappa shape index (κ3) is 15.0. The van der Waals surface area contributed by atoms with Crippen molar-refractivity contribution in [3.05, 3.63) is 245 Å². The molecule has 3 heterocycles. The molecule has 16 heteroatoms. The highest BCUT2D eigenvalue weighted by molar-refractivity contribution is 7.99. The SMILES string of the molecule is O=C(CCC(=O)O[C@H]1[C@H](O)[C@@H](COCc2ccccc2)O[C@H](OCc2ccccc2)[C@@H]1N1C(=O)c2ccccc2C1=O)O[C@@H]1[C@@H](OCc2ccccc2)[C@H](OCc2ccccc2)[C@@H](COCc2ccccc2)O[C@H]1Sc1ccccc1. The van der Waals surface area contributed by atoms with Crippen LogP contribution >= 0.6 is 11.8 Å². The number of imide groups is 1. The number of fused-ring (bicyclic) bond motifs is 1. The summed E-state index contributed by atoms with van der Waals surface area (Å²) in [6.45, 7) is 0.663. The predicted octanol–water partition coefficient (Wildman–Crippen LogP) is 9.68. The van der Waals surface area contributed by atoms with Gasteiger partial charge in [-0.1, -0.05) is 194 Å². The fraction of sp³-hybridized carbons (Fsp3) is 0.292. The highest BCUT2D eigenvalue weighted by Gasteiger charge is 2.56. The minimum atomic E-state index is -1.65. The second-order valence-electron chi connectivity index (χ2n) is 19.8. The zero-order chi connectivity index (χ0) is 55.8. The maximum atomic E-state index is 14.5. The first-order valence-corrected chi connectivity index (χ1v) is 27.9. The van der Waals surface area contributed by atoms with Crippen LogP contribution in [0, 0.1) is 0 Å². The quantitative estimate of drug-likeness (QED) is 0.0423. The number of aliphatic hydroxyl groups excluding tert-OH is 1. The van der Waals surface area contributed by atoms with Crippen LogP contribution in [0.2, 0.25) is 0 Å². The summed E-state index contributed by atoms with van der Waals surface area (Å²) in [6, 6.07) is 62.1. The van der Waals surface area contributed by atoms with Gasteiger partial charge in [-0.05, 0) is 52.1 Å². The van der Waals surface area contributed by atoms with Crippen molar-refractivity contribution in [3.63, 3.8) is 0 Å². The average Bonchev–Trinajstić information content (AvgIpc) is 4.03. The molecule has 0 spiro atoms. The van der Waals surface area contributed by atoms with Gasteiger partial charge in [0.15, 0.2) is 18.5 Å². The van der Waals surface area contributed by atoms with Crippen LogP contribution in [0.25, 0.3) is 0 Å². The summed E-state index contributed by atoms with van der Waals surface area (Å²) < 4.78 is 58.4. The largest absolute Gasteiger partial charge is 0.457 e. The molecular formula is C65H63NO14S. The number of hydrogen-bond donors (Lipinski definition) is 1. The Balaban J connectivity index is 0.915. The Bertz CT molecular complexity index is 3070. The molecule has 10 atom stereocenters. The summed E-state index contributed by atoms with van der Waals surface area (Å²) in [5.41, 5.74) is 3.74. The van der Waals surface area contributed by atoms with Gasteiger partial charge in [0.05, 0.1) is 70.2 Å². The number of aliphatic hydroxyl groups is 1. The van der Waals surface area contributed by atoms with E-state index in [1.165, 1.54) is 23.9 Å². The fourth-order valence-corrected chi connectivity index (χ4v) is 11.1. The van der Waals surface area contributed by atoms with E-state index >= 15 is 0 Å². The second kappa shape index (κ2) is 28.4. The summed E-state index contributed by atoms with van der Waals surface area (Å²) in [4.78, 5) is 59.3.